The maximum atomic E-state index is 4.16. The molecule has 0 radical (unpaired) electrons. The second-order valence-corrected chi connectivity index (χ2v) is 4.07. The molecule has 84 valence electrons. The van der Waals surface area contributed by atoms with E-state index in [-0.39, 0.29) is 0 Å². The summed E-state index contributed by atoms with van der Waals surface area (Å²) < 4.78 is 1.93. The third-order valence-electron chi connectivity index (χ3n) is 2.45. The van der Waals surface area contributed by atoms with Crippen molar-refractivity contribution in [3.63, 3.8) is 0 Å². The van der Waals surface area contributed by atoms with Gasteiger partial charge in [-0.2, -0.15) is 5.10 Å². The minimum absolute atomic E-state index is 0.889. The van der Waals surface area contributed by atoms with Crippen LogP contribution in [0.4, 0.5) is 5.69 Å². The van der Waals surface area contributed by atoms with E-state index >= 15 is 0 Å². The predicted octanol–water partition coefficient (Wildman–Crippen LogP) is 2.61. The van der Waals surface area contributed by atoms with E-state index < -0.39 is 0 Å². The van der Waals surface area contributed by atoms with E-state index in [1.54, 1.807) is 6.20 Å². The number of aromatic nitrogens is 2. The molecule has 1 heterocycles. The quantitative estimate of drug-likeness (QED) is 0.849. The third-order valence-corrected chi connectivity index (χ3v) is 2.45. The molecule has 3 heteroatoms. The average molecular weight is 215 g/mol. The number of hydrogen-bond donors (Lipinski definition) is 1. The zero-order chi connectivity index (χ0) is 11.4. The van der Waals surface area contributed by atoms with E-state index in [1.165, 1.54) is 16.8 Å². The van der Waals surface area contributed by atoms with Gasteiger partial charge in [0.2, 0.25) is 0 Å². The summed E-state index contributed by atoms with van der Waals surface area (Å²) in [4.78, 5) is 0. The molecule has 3 nitrogen and oxygen atoms in total. The van der Waals surface area contributed by atoms with Crippen molar-refractivity contribution in [2.75, 3.05) is 11.9 Å². The summed E-state index contributed by atoms with van der Waals surface area (Å²) in [7, 11) is 0. The molecule has 0 aliphatic carbocycles. The van der Waals surface area contributed by atoms with Crippen molar-refractivity contribution in [3.05, 3.63) is 47.8 Å². The highest BCUT2D eigenvalue weighted by molar-refractivity contribution is 5.48. The number of rotatable bonds is 4. The number of hydrogen-bond acceptors (Lipinski definition) is 2. The summed E-state index contributed by atoms with van der Waals surface area (Å²) in [5, 5.41) is 7.56. The Hall–Kier alpha value is -1.77. The Balaban J connectivity index is 1.89. The van der Waals surface area contributed by atoms with E-state index in [4.69, 9.17) is 0 Å². The number of anilines is 1. The summed E-state index contributed by atoms with van der Waals surface area (Å²) in [5.74, 6) is 0. The van der Waals surface area contributed by atoms with Crippen LogP contribution in [0, 0.1) is 13.8 Å². The van der Waals surface area contributed by atoms with E-state index in [2.05, 4.69) is 42.5 Å². The summed E-state index contributed by atoms with van der Waals surface area (Å²) in [5.41, 5.74) is 3.77. The lowest BCUT2D eigenvalue weighted by Crippen LogP contribution is -2.10. The Morgan fingerprint density at radius 2 is 1.94 bits per heavy atom. The summed E-state index contributed by atoms with van der Waals surface area (Å²) in [6.45, 7) is 6.02. The van der Waals surface area contributed by atoms with Gasteiger partial charge >= 0.3 is 0 Å². The predicted molar refractivity (Wildman–Crippen MR) is 66.6 cm³/mol. The van der Waals surface area contributed by atoms with Crippen LogP contribution in [0.15, 0.2) is 36.7 Å². The van der Waals surface area contributed by atoms with Crippen molar-refractivity contribution in [3.8, 4) is 0 Å². The van der Waals surface area contributed by atoms with Crippen LogP contribution >= 0.6 is 0 Å². The minimum Gasteiger partial charge on any atom is -0.383 e. The molecule has 0 aliphatic heterocycles. The van der Waals surface area contributed by atoms with E-state index in [1.807, 2.05) is 16.9 Å². The molecule has 0 amide bonds. The smallest absolute Gasteiger partial charge is 0.0582 e. The Kier molecular flexibility index (Phi) is 3.25. The van der Waals surface area contributed by atoms with Crippen LogP contribution in [0.1, 0.15) is 11.1 Å². The van der Waals surface area contributed by atoms with Crippen LogP contribution in [0.5, 0.6) is 0 Å². The maximum Gasteiger partial charge on any atom is 0.0582 e. The molecule has 0 saturated heterocycles. The molecule has 2 rings (SSSR count). The van der Waals surface area contributed by atoms with Gasteiger partial charge in [0.05, 0.1) is 6.54 Å². The first kappa shape index (κ1) is 10.7. The highest BCUT2D eigenvalue weighted by atomic mass is 15.3. The Bertz CT molecular complexity index is 426. The van der Waals surface area contributed by atoms with Crippen LogP contribution in [-0.4, -0.2) is 16.3 Å². The topological polar surface area (TPSA) is 29.9 Å². The number of aryl methyl sites for hydroxylation is 2. The molecule has 2 aromatic rings. The number of benzene rings is 1. The fraction of sp³-hybridized carbons (Fsp3) is 0.308. The van der Waals surface area contributed by atoms with Crippen LogP contribution in [0.3, 0.4) is 0 Å². The molecule has 0 bridgehead atoms. The molecular formula is C13H17N3. The van der Waals surface area contributed by atoms with E-state index in [0.29, 0.717) is 0 Å². The zero-order valence-electron chi connectivity index (χ0n) is 9.77. The first-order valence-corrected chi connectivity index (χ1v) is 5.53. The molecular weight excluding hydrogens is 198 g/mol. The van der Waals surface area contributed by atoms with Gasteiger partial charge in [0.1, 0.15) is 0 Å². The third kappa shape index (κ3) is 2.86. The Labute approximate surface area is 96.1 Å². The second kappa shape index (κ2) is 4.84. The molecule has 0 aliphatic rings. The lowest BCUT2D eigenvalue weighted by atomic mass is 10.1. The van der Waals surface area contributed by atoms with Crippen LogP contribution < -0.4 is 5.32 Å². The highest BCUT2D eigenvalue weighted by Gasteiger charge is 1.95. The lowest BCUT2D eigenvalue weighted by Gasteiger charge is -2.08. The normalized spacial score (nSPS) is 10.4. The zero-order valence-corrected chi connectivity index (χ0v) is 9.77. The number of nitrogens with zero attached hydrogens (tertiary/aromatic N) is 2. The molecule has 0 unspecified atom stereocenters. The monoisotopic (exact) mass is 215 g/mol. The van der Waals surface area contributed by atoms with Crippen molar-refractivity contribution in [1.29, 1.82) is 0 Å². The van der Waals surface area contributed by atoms with Gasteiger partial charge in [0.15, 0.2) is 0 Å². The van der Waals surface area contributed by atoms with Gasteiger partial charge in [-0.05, 0) is 43.2 Å². The van der Waals surface area contributed by atoms with Crippen molar-refractivity contribution in [1.82, 2.24) is 9.78 Å². The van der Waals surface area contributed by atoms with E-state index in [0.717, 1.165) is 13.1 Å². The fourth-order valence-electron chi connectivity index (χ4n) is 1.82. The largest absolute Gasteiger partial charge is 0.383 e. The second-order valence-electron chi connectivity index (χ2n) is 4.07. The summed E-state index contributed by atoms with van der Waals surface area (Å²) in [6, 6.07) is 8.45. The number of nitrogens with one attached hydrogen (secondary N) is 1. The van der Waals surface area contributed by atoms with Gasteiger partial charge in [-0.15, -0.1) is 0 Å². The van der Waals surface area contributed by atoms with Gasteiger partial charge < -0.3 is 5.32 Å². The molecule has 1 aromatic carbocycles. The van der Waals surface area contributed by atoms with Gasteiger partial charge in [0.25, 0.3) is 0 Å². The van der Waals surface area contributed by atoms with Crippen molar-refractivity contribution in [2.45, 2.75) is 20.4 Å². The van der Waals surface area contributed by atoms with Gasteiger partial charge in [0, 0.05) is 24.6 Å². The van der Waals surface area contributed by atoms with E-state index in [9.17, 15) is 0 Å². The van der Waals surface area contributed by atoms with Gasteiger partial charge in [-0.3, -0.25) is 4.68 Å². The van der Waals surface area contributed by atoms with Crippen molar-refractivity contribution in [2.24, 2.45) is 0 Å². The fourth-order valence-corrected chi connectivity index (χ4v) is 1.82. The van der Waals surface area contributed by atoms with Crippen LogP contribution in [0.25, 0.3) is 0 Å². The lowest BCUT2D eigenvalue weighted by molar-refractivity contribution is 0.638. The maximum absolute atomic E-state index is 4.16. The van der Waals surface area contributed by atoms with Crippen molar-refractivity contribution >= 4 is 5.69 Å². The summed E-state index contributed by atoms with van der Waals surface area (Å²) >= 11 is 0. The molecule has 0 fully saturated rings. The first-order valence-electron chi connectivity index (χ1n) is 5.53. The highest BCUT2D eigenvalue weighted by Crippen LogP contribution is 2.13. The molecule has 0 spiro atoms. The minimum atomic E-state index is 0.889. The first-order chi connectivity index (χ1) is 7.74. The summed E-state index contributed by atoms with van der Waals surface area (Å²) in [6.07, 6.45) is 3.78. The SMILES string of the molecule is Cc1cc(C)cc(NCCn2cccn2)c1. The van der Waals surface area contributed by atoms with Gasteiger partial charge in [-0.1, -0.05) is 6.07 Å². The van der Waals surface area contributed by atoms with Crippen LogP contribution in [0.2, 0.25) is 0 Å². The van der Waals surface area contributed by atoms with Crippen LogP contribution in [-0.2, 0) is 6.54 Å². The molecule has 0 saturated carbocycles. The standard InChI is InChI=1S/C13H17N3/c1-11-8-12(2)10-13(9-11)14-5-7-16-6-3-4-15-16/h3-4,6,8-10,14H,5,7H2,1-2H3. The molecule has 16 heavy (non-hydrogen) atoms. The Morgan fingerprint density at radius 3 is 2.56 bits per heavy atom. The molecule has 0 atom stereocenters. The van der Waals surface area contributed by atoms with Crippen molar-refractivity contribution < 1.29 is 0 Å². The average Bonchev–Trinajstić information content (AvgIpc) is 2.69. The molecule has 1 aromatic heterocycles. The molecule has 1 N–H and O–H groups in total. The Morgan fingerprint density at radius 1 is 1.19 bits per heavy atom. The van der Waals surface area contributed by atoms with Gasteiger partial charge in [-0.25, -0.2) is 0 Å².